The first-order valence-electron chi connectivity index (χ1n) is 6.30. The largest absolute Gasteiger partial charge is 0.466 e. The Bertz CT molecular complexity index is 483. The van der Waals surface area contributed by atoms with E-state index in [1.165, 1.54) is 0 Å². The van der Waals surface area contributed by atoms with Crippen molar-refractivity contribution in [3.8, 4) is 5.75 Å². The monoisotopic (exact) mass is 351 g/mol. The SMILES string of the molecule is CC(C)CC(=O)N[C@H](Oc1ccc(C=O)cc1)C(Cl)(Cl)Cl. The highest BCUT2D eigenvalue weighted by molar-refractivity contribution is 6.68. The second-order valence-corrected chi connectivity index (χ2v) is 7.26. The van der Waals surface area contributed by atoms with Crippen LogP contribution in [0.1, 0.15) is 30.6 Å². The molecular formula is C14H16Cl3NO3. The minimum absolute atomic E-state index is 0.174. The van der Waals surface area contributed by atoms with Crippen LogP contribution in [0.3, 0.4) is 0 Å². The van der Waals surface area contributed by atoms with Crippen molar-refractivity contribution in [1.29, 1.82) is 0 Å². The lowest BCUT2D eigenvalue weighted by atomic mass is 10.1. The molecule has 7 heteroatoms. The van der Waals surface area contributed by atoms with Crippen LogP contribution in [-0.2, 0) is 4.79 Å². The zero-order valence-electron chi connectivity index (χ0n) is 11.6. The van der Waals surface area contributed by atoms with Gasteiger partial charge in [-0.25, -0.2) is 0 Å². The third kappa shape index (κ3) is 6.55. The number of nitrogens with one attached hydrogen (secondary N) is 1. The number of hydrogen-bond donors (Lipinski definition) is 1. The Morgan fingerprint density at radius 1 is 1.29 bits per heavy atom. The third-order valence-electron chi connectivity index (χ3n) is 2.45. The number of amides is 1. The van der Waals surface area contributed by atoms with Crippen molar-refractivity contribution < 1.29 is 14.3 Å². The Labute approximate surface area is 138 Å². The number of aldehydes is 1. The lowest BCUT2D eigenvalue weighted by Gasteiger charge is -2.26. The Hall–Kier alpha value is -0.970. The van der Waals surface area contributed by atoms with Gasteiger partial charge in [-0.3, -0.25) is 9.59 Å². The quantitative estimate of drug-likeness (QED) is 0.482. The first-order valence-corrected chi connectivity index (χ1v) is 7.43. The molecule has 0 saturated heterocycles. The molecule has 1 amide bonds. The van der Waals surface area contributed by atoms with E-state index >= 15 is 0 Å². The van der Waals surface area contributed by atoms with E-state index in [4.69, 9.17) is 39.5 Å². The first-order chi connectivity index (χ1) is 9.72. The van der Waals surface area contributed by atoms with Crippen LogP contribution in [0.25, 0.3) is 0 Å². The molecule has 0 spiro atoms. The lowest BCUT2D eigenvalue weighted by Crippen LogP contribution is -2.48. The highest BCUT2D eigenvalue weighted by Gasteiger charge is 2.36. The predicted octanol–water partition coefficient (Wildman–Crippen LogP) is 3.74. The van der Waals surface area contributed by atoms with Crippen LogP contribution in [-0.4, -0.2) is 22.2 Å². The molecule has 0 heterocycles. The van der Waals surface area contributed by atoms with Gasteiger partial charge in [-0.2, -0.15) is 0 Å². The minimum atomic E-state index is -1.82. The summed E-state index contributed by atoms with van der Waals surface area (Å²) in [7, 11) is 0. The van der Waals surface area contributed by atoms with Crippen LogP contribution in [0.5, 0.6) is 5.75 Å². The molecule has 1 aromatic carbocycles. The summed E-state index contributed by atoms with van der Waals surface area (Å²) in [5, 5.41) is 2.54. The van der Waals surface area contributed by atoms with Gasteiger partial charge in [0.05, 0.1) is 0 Å². The fourth-order valence-electron chi connectivity index (χ4n) is 1.52. The highest BCUT2D eigenvalue weighted by atomic mass is 35.6. The minimum Gasteiger partial charge on any atom is -0.466 e. The molecule has 0 aromatic heterocycles. The van der Waals surface area contributed by atoms with Gasteiger partial charge in [-0.05, 0) is 30.2 Å². The van der Waals surface area contributed by atoms with Gasteiger partial charge in [-0.15, -0.1) is 0 Å². The van der Waals surface area contributed by atoms with Crippen LogP contribution in [0.15, 0.2) is 24.3 Å². The molecule has 1 rings (SSSR count). The molecule has 0 saturated carbocycles. The summed E-state index contributed by atoms with van der Waals surface area (Å²) < 4.78 is 3.66. The van der Waals surface area contributed by atoms with Crippen molar-refractivity contribution in [3.05, 3.63) is 29.8 Å². The molecule has 4 nitrogen and oxygen atoms in total. The number of alkyl halides is 3. The molecule has 0 radical (unpaired) electrons. The molecule has 0 aliphatic heterocycles. The average molecular weight is 353 g/mol. The van der Waals surface area contributed by atoms with Gasteiger partial charge >= 0.3 is 0 Å². The number of ether oxygens (including phenoxy) is 1. The van der Waals surface area contributed by atoms with Crippen LogP contribution < -0.4 is 10.1 Å². The van der Waals surface area contributed by atoms with E-state index in [0.717, 1.165) is 0 Å². The molecule has 116 valence electrons. The fraction of sp³-hybridized carbons (Fsp3) is 0.429. The van der Waals surface area contributed by atoms with Gasteiger partial charge in [0.15, 0.2) is 0 Å². The summed E-state index contributed by atoms with van der Waals surface area (Å²) >= 11 is 17.5. The van der Waals surface area contributed by atoms with Crippen molar-refractivity contribution in [2.75, 3.05) is 0 Å². The fourth-order valence-corrected chi connectivity index (χ4v) is 1.81. The second-order valence-electron chi connectivity index (χ2n) is 4.89. The van der Waals surface area contributed by atoms with Crippen molar-refractivity contribution in [2.24, 2.45) is 5.92 Å². The third-order valence-corrected chi connectivity index (χ3v) is 3.05. The number of carbonyl (C=O) groups excluding carboxylic acids is 2. The zero-order chi connectivity index (χ0) is 16.0. The number of hydrogen-bond acceptors (Lipinski definition) is 3. The van der Waals surface area contributed by atoms with Crippen molar-refractivity contribution in [2.45, 2.75) is 30.3 Å². The topological polar surface area (TPSA) is 55.4 Å². The molecule has 21 heavy (non-hydrogen) atoms. The van der Waals surface area contributed by atoms with E-state index in [0.29, 0.717) is 24.0 Å². The van der Waals surface area contributed by atoms with E-state index in [1.807, 2.05) is 13.8 Å². The van der Waals surface area contributed by atoms with Crippen LogP contribution >= 0.6 is 34.8 Å². The van der Waals surface area contributed by atoms with Crippen LogP contribution in [0, 0.1) is 5.92 Å². The molecular weight excluding hydrogens is 337 g/mol. The zero-order valence-corrected chi connectivity index (χ0v) is 13.9. The number of carbonyl (C=O) groups is 2. The summed E-state index contributed by atoms with van der Waals surface area (Å²) in [5.74, 6) is 0.278. The Balaban J connectivity index is 2.78. The molecule has 1 aromatic rings. The maximum atomic E-state index is 11.8. The summed E-state index contributed by atoms with van der Waals surface area (Å²) in [5.41, 5.74) is 0.497. The van der Waals surface area contributed by atoms with E-state index in [9.17, 15) is 9.59 Å². The summed E-state index contributed by atoms with van der Waals surface area (Å²) in [4.78, 5) is 22.4. The molecule has 0 fully saturated rings. The summed E-state index contributed by atoms with van der Waals surface area (Å²) in [6.07, 6.45) is -0.124. The van der Waals surface area contributed by atoms with Crippen LogP contribution in [0.2, 0.25) is 0 Å². The van der Waals surface area contributed by atoms with Gasteiger partial charge in [0, 0.05) is 12.0 Å². The molecule has 0 unspecified atom stereocenters. The van der Waals surface area contributed by atoms with E-state index < -0.39 is 10.0 Å². The number of benzene rings is 1. The summed E-state index contributed by atoms with van der Waals surface area (Å²) in [6, 6.07) is 6.24. The highest BCUT2D eigenvalue weighted by Crippen LogP contribution is 2.32. The maximum Gasteiger partial charge on any atom is 0.246 e. The lowest BCUT2D eigenvalue weighted by molar-refractivity contribution is -0.124. The molecule has 0 aliphatic carbocycles. The molecule has 0 aliphatic rings. The van der Waals surface area contributed by atoms with Crippen molar-refractivity contribution >= 4 is 47.0 Å². The normalized spacial score (nSPS) is 12.9. The van der Waals surface area contributed by atoms with Gasteiger partial charge in [0.1, 0.15) is 12.0 Å². The average Bonchev–Trinajstić information content (AvgIpc) is 2.36. The molecule has 1 atom stereocenters. The van der Waals surface area contributed by atoms with Crippen molar-refractivity contribution in [1.82, 2.24) is 5.32 Å². The maximum absolute atomic E-state index is 11.8. The van der Waals surface area contributed by atoms with Gasteiger partial charge in [0.2, 0.25) is 15.9 Å². The molecule has 1 N–H and O–H groups in total. The van der Waals surface area contributed by atoms with Crippen LogP contribution in [0.4, 0.5) is 0 Å². The van der Waals surface area contributed by atoms with E-state index in [2.05, 4.69) is 5.32 Å². The molecule has 0 bridgehead atoms. The summed E-state index contributed by atoms with van der Waals surface area (Å²) in [6.45, 7) is 3.81. The van der Waals surface area contributed by atoms with E-state index in [-0.39, 0.29) is 11.8 Å². The standard InChI is InChI=1S/C14H16Cl3NO3/c1-9(2)7-12(20)18-13(14(15,16)17)21-11-5-3-10(8-19)4-6-11/h3-6,8-9,13H,7H2,1-2H3,(H,18,20)/t13-/m1/s1. The van der Waals surface area contributed by atoms with Gasteiger partial charge < -0.3 is 10.1 Å². The number of halogens is 3. The Morgan fingerprint density at radius 3 is 2.29 bits per heavy atom. The first kappa shape index (κ1) is 18.1. The van der Waals surface area contributed by atoms with Crippen molar-refractivity contribution in [3.63, 3.8) is 0 Å². The number of rotatable bonds is 6. The van der Waals surface area contributed by atoms with Gasteiger partial charge in [-0.1, -0.05) is 48.7 Å². The Kier molecular flexibility index (Phi) is 6.78. The second kappa shape index (κ2) is 7.87. The Morgan fingerprint density at radius 2 is 1.86 bits per heavy atom. The predicted molar refractivity (Wildman–Crippen MR) is 84.1 cm³/mol. The van der Waals surface area contributed by atoms with Gasteiger partial charge in [0.25, 0.3) is 0 Å². The van der Waals surface area contributed by atoms with E-state index in [1.54, 1.807) is 24.3 Å². The smallest absolute Gasteiger partial charge is 0.246 e.